The molecule has 4 nitrogen and oxygen atoms in total. The molecule has 2 aromatic rings. The largest absolute Gasteiger partial charge is 0.481 e. The van der Waals surface area contributed by atoms with E-state index in [1.54, 1.807) is 20.4 Å². The lowest BCUT2D eigenvalue weighted by molar-refractivity contribution is 0.185. The van der Waals surface area contributed by atoms with E-state index in [1.807, 2.05) is 18.2 Å². The topological polar surface area (TPSA) is 57.4 Å². The minimum atomic E-state index is 0.569. The van der Waals surface area contributed by atoms with Crippen LogP contribution in [0.5, 0.6) is 5.88 Å². The van der Waals surface area contributed by atoms with Crippen LogP contribution in [0.25, 0.3) is 10.8 Å². The molecule has 1 heterocycles. The van der Waals surface area contributed by atoms with E-state index >= 15 is 0 Å². The maximum atomic E-state index is 5.89. The van der Waals surface area contributed by atoms with Crippen molar-refractivity contribution in [2.75, 3.05) is 20.0 Å². The smallest absolute Gasteiger partial charge is 0.221 e. The Balaban J connectivity index is 2.63. The second-order valence-electron chi connectivity index (χ2n) is 3.54. The van der Waals surface area contributed by atoms with Crippen LogP contribution in [-0.4, -0.2) is 19.2 Å². The number of rotatable bonds is 3. The highest BCUT2D eigenvalue weighted by molar-refractivity contribution is 5.95. The zero-order valence-electron chi connectivity index (χ0n) is 9.36. The molecule has 2 N–H and O–H groups in total. The van der Waals surface area contributed by atoms with Crippen molar-refractivity contribution in [2.45, 2.75) is 6.61 Å². The summed E-state index contributed by atoms with van der Waals surface area (Å²) >= 11 is 0. The van der Waals surface area contributed by atoms with Gasteiger partial charge in [-0.3, -0.25) is 0 Å². The number of aromatic nitrogens is 1. The molecule has 0 atom stereocenters. The number of nitrogens with zero attached hydrogens (tertiary/aromatic N) is 1. The Morgan fingerprint density at radius 3 is 2.75 bits per heavy atom. The summed E-state index contributed by atoms with van der Waals surface area (Å²) in [6.45, 7) is 0.569. The van der Waals surface area contributed by atoms with Gasteiger partial charge in [0.25, 0.3) is 0 Å². The molecule has 0 radical (unpaired) electrons. The lowest BCUT2D eigenvalue weighted by Gasteiger charge is -2.08. The summed E-state index contributed by atoms with van der Waals surface area (Å²) in [6.07, 6.45) is 1.61. The van der Waals surface area contributed by atoms with Crippen molar-refractivity contribution < 1.29 is 9.47 Å². The van der Waals surface area contributed by atoms with E-state index in [2.05, 4.69) is 4.98 Å². The maximum absolute atomic E-state index is 5.89. The van der Waals surface area contributed by atoms with Gasteiger partial charge in [-0.25, -0.2) is 4.98 Å². The van der Waals surface area contributed by atoms with Gasteiger partial charge in [-0.1, -0.05) is 6.07 Å². The maximum Gasteiger partial charge on any atom is 0.221 e. The van der Waals surface area contributed by atoms with Crippen molar-refractivity contribution in [3.8, 4) is 5.88 Å². The highest BCUT2D eigenvalue weighted by atomic mass is 16.5. The predicted octanol–water partition coefficient (Wildman–Crippen LogP) is 1.97. The quantitative estimate of drug-likeness (QED) is 0.855. The summed E-state index contributed by atoms with van der Waals surface area (Å²) in [5.74, 6) is 0.591. The number of benzene rings is 1. The Morgan fingerprint density at radius 2 is 2.06 bits per heavy atom. The Bertz CT molecular complexity index is 512. The fourth-order valence-corrected chi connectivity index (χ4v) is 1.70. The first kappa shape index (κ1) is 10.7. The Labute approximate surface area is 94.0 Å². The predicted molar refractivity (Wildman–Crippen MR) is 63.4 cm³/mol. The number of hydrogen-bond acceptors (Lipinski definition) is 4. The third kappa shape index (κ3) is 1.79. The van der Waals surface area contributed by atoms with E-state index in [1.165, 1.54) is 0 Å². The minimum absolute atomic E-state index is 0.569. The van der Waals surface area contributed by atoms with E-state index < -0.39 is 0 Å². The van der Waals surface area contributed by atoms with E-state index in [-0.39, 0.29) is 0 Å². The fourth-order valence-electron chi connectivity index (χ4n) is 1.70. The number of methoxy groups -OCH3 is 2. The van der Waals surface area contributed by atoms with Crippen molar-refractivity contribution in [1.29, 1.82) is 0 Å². The van der Waals surface area contributed by atoms with Gasteiger partial charge < -0.3 is 15.2 Å². The van der Waals surface area contributed by atoms with Crippen LogP contribution in [0.3, 0.4) is 0 Å². The van der Waals surface area contributed by atoms with E-state index in [0.29, 0.717) is 18.2 Å². The molecule has 1 aromatic heterocycles. The molecule has 0 bridgehead atoms. The van der Waals surface area contributed by atoms with Crippen molar-refractivity contribution in [3.63, 3.8) is 0 Å². The number of pyridine rings is 1. The second-order valence-corrected chi connectivity index (χ2v) is 3.54. The molecule has 2 rings (SSSR count). The molecule has 1 aromatic carbocycles. The molecule has 4 heteroatoms. The normalized spacial score (nSPS) is 10.6. The standard InChI is InChI=1S/C12H14N2O2/c1-15-7-8-3-4-9-10(5-8)11(13)6-14-12(9)16-2/h3-6H,7,13H2,1-2H3. The Kier molecular flexibility index (Phi) is 2.92. The van der Waals surface area contributed by atoms with E-state index in [9.17, 15) is 0 Å². The molecular weight excluding hydrogens is 204 g/mol. The van der Waals surface area contributed by atoms with Crippen molar-refractivity contribution in [1.82, 2.24) is 4.98 Å². The number of hydrogen-bond donors (Lipinski definition) is 1. The number of nitrogens with two attached hydrogens (primary N) is 1. The van der Waals surface area contributed by atoms with Crippen LogP contribution in [0.15, 0.2) is 24.4 Å². The van der Waals surface area contributed by atoms with Crippen LogP contribution in [0.2, 0.25) is 0 Å². The molecule has 0 aliphatic rings. The molecule has 0 unspecified atom stereocenters. The molecule has 16 heavy (non-hydrogen) atoms. The molecular formula is C12H14N2O2. The highest BCUT2D eigenvalue weighted by Gasteiger charge is 2.06. The molecule has 0 saturated carbocycles. The third-order valence-corrected chi connectivity index (χ3v) is 2.45. The Hall–Kier alpha value is -1.81. The average Bonchev–Trinajstić information content (AvgIpc) is 2.31. The van der Waals surface area contributed by atoms with Crippen molar-refractivity contribution >= 4 is 16.5 Å². The molecule has 0 aliphatic heterocycles. The lowest BCUT2D eigenvalue weighted by Crippen LogP contribution is -1.95. The summed E-state index contributed by atoms with van der Waals surface area (Å²) < 4.78 is 10.3. The van der Waals surface area contributed by atoms with Crippen molar-refractivity contribution in [3.05, 3.63) is 30.0 Å². The van der Waals surface area contributed by atoms with Gasteiger partial charge in [-0.05, 0) is 17.7 Å². The summed E-state index contributed by atoms with van der Waals surface area (Å²) in [7, 11) is 3.27. The van der Waals surface area contributed by atoms with Crippen LogP contribution < -0.4 is 10.5 Å². The van der Waals surface area contributed by atoms with Gasteiger partial charge in [0, 0.05) is 17.9 Å². The van der Waals surface area contributed by atoms with Gasteiger partial charge in [-0.15, -0.1) is 0 Å². The summed E-state index contributed by atoms with van der Waals surface area (Å²) in [5.41, 5.74) is 7.61. The fraction of sp³-hybridized carbons (Fsp3) is 0.250. The van der Waals surface area contributed by atoms with Crippen LogP contribution >= 0.6 is 0 Å². The molecule has 0 fully saturated rings. The lowest BCUT2D eigenvalue weighted by atomic mass is 10.1. The van der Waals surface area contributed by atoms with Crippen LogP contribution in [-0.2, 0) is 11.3 Å². The highest BCUT2D eigenvalue weighted by Crippen LogP contribution is 2.28. The minimum Gasteiger partial charge on any atom is -0.481 e. The third-order valence-electron chi connectivity index (χ3n) is 2.45. The Morgan fingerprint density at radius 1 is 1.25 bits per heavy atom. The van der Waals surface area contributed by atoms with Gasteiger partial charge in [0.1, 0.15) is 0 Å². The molecule has 0 saturated heterocycles. The first-order valence-electron chi connectivity index (χ1n) is 4.96. The van der Waals surface area contributed by atoms with E-state index in [4.69, 9.17) is 15.2 Å². The molecule has 0 spiro atoms. The zero-order valence-corrected chi connectivity index (χ0v) is 9.36. The van der Waals surface area contributed by atoms with Crippen LogP contribution in [0.4, 0.5) is 5.69 Å². The number of fused-ring (bicyclic) bond motifs is 1. The first-order chi connectivity index (χ1) is 7.76. The first-order valence-corrected chi connectivity index (χ1v) is 4.96. The van der Waals surface area contributed by atoms with E-state index in [0.717, 1.165) is 16.3 Å². The molecule has 0 aliphatic carbocycles. The van der Waals surface area contributed by atoms with Gasteiger partial charge >= 0.3 is 0 Å². The average molecular weight is 218 g/mol. The van der Waals surface area contributed by atoms with Crippen molar-refractivity contribution in [2.24, 2.45) is 0 Å². The van der Waals surface area contributed by atoms with Gasteiger partial charge in [0.05, 0.1) is 25.6 Å². The molecule has 84 valence electrons. The molecule has 0 amide bonds. The van der Waals surface area contributed by atoms with Gasteiger partial charge in [0.15, 0.2) is 0 Å². The van der Waals surface area contributed by atoms with Gasteiger partial charge in [-0.2, -0.15) is 0 Å². The van der Waals surface area contributed by atoms with Crippen LogP contribution in [0, 0.1) is 0 Å². The summed E-state index contributed by atoms with van der Waals surface area (Å²) in [6, 6.07) is 5.93. The zero-order chi connectivity index (χ0) is 11.5. The second kappa shape index (κ2) is 4.37. The number of nitrogen functional groups attached to an aromatic ring is 1. The number of anilines is 1. The number of ether oxygens (including phenoxy) is 2. The van der Waals surface area contributed by atoms with Gasteiger partial charge in [0.2, 0.25) is 5.88 Å². The monoisotopic (exact) mass is 218 g/mol. The summed E-state index contributed by atoms with van der Waals surface area (Å²) in [4.78, 5) is 4.12. The SMILES string of the molecule is COCc1ccc2c(OC)ncc(N)c2c1. The summed E-state index contributed by atoms with van der Waals surface area (Å²) in [5, 5.41) is 1.86. The van der Waals surface area contributed by atoms with Crippen LogP contribution in [0.1, 0.15) is 5.56 Å².